The second-order valence-corrected chi connectivity index (χ2v) is 6.37. The third-order valence-electron chi connectivity index (χ3n) is 4.57. The van der Waals surface area contributed by atoms with Crippen LogP contribution in [-0.4, -0.2) is 23.2 Å². The Kier molecular flexibility index (Phi) is 6.84. The van der Waals surface area contributed by atoms with Crippen molar-refractivity contribution in [1.82, 2.24) is 5.32 Å². The van der Waals surface area contributed by atoms with Crippen molar-refractivity contribution in [3.05, 3.63) is 0 Å². The van der Waals surface area contributed by atoms with Crippen LogP contribution in [0, 0.1) is 11.8 Å². The number of carbonyl (C=O) groups excluding carboxylic acids is 1. The maximum Gasteiger partial charge on any atom is 0.223 e. The maximum atomic E-state index is 12.1. The number of carbonyl (C=O) groups is 1. The molecule has 3 nitrogen and oxygen atoms in total. The zero-order chi connectivity index (χ0) is 14.3. The van der Waals surface area contributed by atoms with E-state index < -0.39 is 5.60 Å². The van der Waals surface area contributed by atoms with Crippen molar-refractivity contribution >= 4 is 5.91 Å². The molecule has 0 bridgehead atoms. The first kappa shape index (κ1) is 16.5. The number of rotatable bonds is 7. The van der Waals surface area contributed by atoms with E-state index in [-0.39, 0.29) is 11.8 Å². The monoisotopic (exact) mass is 269 g/mol. The Labute approximate surface area is 118 Å². The zero-order valence-electron chi connectivity index (χ0n) is 12.9. The zero-order valence-corrected chi connectivity index (χ0v) is 12.9. The largest absolute Gasteiger partial charge is 0.388 e. The minimum Gasteiger partial charge on any atom is -0.388 e. The molecular weight excluding hydrogens is 238 g/mol. The van der Waals surface area contributed by atoms with Crippen LogP contribution in [0.2, 0.25) is 0 Å². The minimum absolute atomic E-state index is 0.117. The molecule has 1 fully saturated rings. The highest BCUT2D eigenvalue weighted by atomic mass is 16.3. The molecule has 1 aliphatic rings. The van der Waals surface area contributed by atoms with Crippen molar-refractivity contribution in [3.63, 3.8) is 0 Å². The van der Waals surface area contributed by atoms with Gasteiger partial charge in [0.15, 0.2) is 0 Å². The number of unbranched alkanes of at least 4 members (excludes halogenated alkanes) is 1. The first-order chi connectivity index (χ1) is 9.00. The lowest BCUT2D eigenvalue weighted by Gasteiger charge is -2.35. The van der Waals surface area contributed by atoms with E-state index in [9.17, 15) is 9.90 Å². The van der Waals surface area contributed by atoms with Crippen molar-refractivity contribution in [2.24, 2.45) is 11.8 Å². The average Bonchev–Trinajstić information content (AvgIpc) is 2.41. The summed E-state index contributed by atoms with van der Waals surface area (Å²) in [6.45, 7) is 6.88. The van der Waals surface area contributed by atoms with Gasteiger partial charge < -0.3 is 10.4 Å². The molecule has 1 rings (SSSR count). The van der Waals surface area contributed by atoms with Gasteiger partial charge in [0.2, 0.25) is 5.91 Å². The van der Waals surface area contributed by atoms with Crippen molar-refractivity contribution in [2.45, 2.75) is 77.7 Å². The standard InChI is InChI=1S/C16H31NO2/c1-4-6-7-14(5-2)15(18)17-12-16(19)10-8-13(3)9-11-16/h13-14,19H,4-12H2,1-3H3,(H,17,18). The quantitative estimate of drug-likeness (QED) is 0.745. The van der Waals surface area contributed by atoms with Crippen LogP contribution in [0.5, 0.6) is 0 Å². The van der Waals surface area contributed by atoms with E-state index in [1.165, 1.54) is 0 Å². The van der Waals surface area contributed by atoms with Crippen molar-refractivity contribution in [3.8, 4) is 0 Å². The molecule has 0 spiro atoms. The van der Waals surface area contributed by atoms with Crippen LogP contribution in [0.3, 0.4) is 0 Å². The second-order valence-electron chi connectivity index (χ2n) is 6.37. The second kappa shape index (κ2) is 7.88. The summed E-state index contributed by atoms with van der Waals surface area (Å²) >= 11 is 0. The van der Waals surface area contributed by atoms with Gasteiger partial charge in [-0.05, 0) is 44.4 Å². The van der Waals surface area contributed by atoms with Gasteiger partial charge in [0, 0.05) is 12.5 Å². The van der Waals surface area contributed by atoms with Gasteiger partial charge in [0.05, 0.1) is 5.60 Å². The van der Waals surface area contributed by atoms with Crippen LogP contribution in [0.4, 0.5) is 0 Å². The summed E-state index contributed by atoms with van der Waals surface area (Å²) in [5.74, 6) is 0.956. The molecule has 0 aromatic carbocycles. The number of hydrogen-bond acceptors (Lipinski definition) is 2. The van der Waals surface area contributed by atoms with E-state index in [0.29, 0.717) is 12.5 Å². The molecule has 2 N–H and O–H groups in total. The molecule has 1 unspecified atom stereocenters. The fraction of sp³-hybridized carbons (Fsp3) is 0.938. The fourth-order valence-corrected chi connectivity index (χ4v) is 2.84. The molecule has 1 amide bonds. The molecule has 0 saturated heterocycles. The third kappa shape index (κ3) is 5.52. The lowest BCUT2D eigenvalue weighted by molar-refractivity contribution is -0.127. The smallest absolute Gasteiger partial charge is 0.223 e. The summed E-state index contributed by atoms with van der Waals surface area (Å²) < 4.78 is 0. The van der Waals surface area contributed by atoms with E-state index in [1.54, 1.807) is 0 Å². The lowest BCUT2D eigenvalue weighted by Crippen LogP contribution is -2.46. The van der Waals surface area contributed by atoms with Gasteiger partial charge in [-0.25, -0.2) is 0 Å². The van der Waals surface area contributed by atoms with Gasteiger partial charge in [0.25, 0.3) is 0 Å². The molecule has 1 atom stereocenters. The van der Waals surface area contributed by atoms with Gasteiger partial charge in [-0.15, -0.1) is 0 Å². The summed E-state index contributed by atoms with van der Waals surface area (Å²) in [6, 6.07) is 0. The fourth-order valence-electron chi connectivity index (χ4n) is 2.84. The summed E-state index contributed by atoms with van der Waals surface area (Å²) in [7, 11) is 0. The highest BCUT2D eigenvalue weighted by Gasteiger charge is 2.32. The Hall–Kier alpha value is -0.570. The molecule has 3 heteroatoms. The topological polar surface area (TPSA) is 49.3 Å². The van der Waals surface area contributed by atoms with Crippen molar-refractivity contribution in [2.75, 3.05) is 6.54 Å². The minimum atomic E-state index is -0.661. The summed E-state index contributed by atoms with van der Waals surface area (Å²) in [5.41, 5.74) is -0.661. The van der Waals surface area contributed by atoms with Crippen LogP contribution >= 0.6 is 0 Å². The molecular formula is C16H31NO2. The Morgan fingerprint density at radius 3 is 2.53 bits per heavy atom. The highest BCUT2D eigenvalue weighted by molar-refractivity contribution is 5.78. The summed E-state index contributed by atoms with van der Waals surface area (Å²) in [4.78, 5) is 12.1. The predicted octanol–water partition coefficient (Wildman–Crippen LogP) is 3.26. The Balaban J connectivity index is 2.35. The van der Waals surface area contributed by atoms with Crippen LogP contribution < -0.4 is 5.32 Å². The van der Waals surface area contributed by atoms with E-state index in [1.807, 2.05) is 0 Å². The van der Waals surface area contributed by atoms with Gasteiger partial charge in [0.1, 0.15) is 0 Å². The van der Waals surface area contributed by atoms with E-state index in [4.69, 9.17) is 0 Å². The van der Waals surface area contributed by atoms with E-state index in [2.05, 4.69) is 26.1 Å². The van der Waals surface area contributed by atoms with Crippen molar-refractivity contribution < 1.29 is 9.90 Å². The maximum absolute atomic E-state index is 12.1. The molecule has 19 heavy (non-hydrogen) atoms. The number of nitrogens with one attached hydrogen (secondary N) is 1. The van der Waals surface area contributed by atoms with Crippen LogP contribution in [-0.2, 0) is 4.79 Å². The predicted molar refractivity (Wildman–Crippen MR) is 78.9 cm³/mol. The number of hydrogen-bond donors (Lipinski definition) is 2. The van der Waals surface area contributed by atoms with Crippen molar-refractivity contribution in [1.29, 1.82) is 0 Å². The number of aliphatic hydroxyl groups is 1. The first-order valence-electron chi connectivity index (χ1n) is 8.01. The lowest BCUT2D eigenvalue weighted by atomic mass is 9.79. The molecule has 1 aliphatic carbocycles. The van der Waals surface area contributed by atoms with Gasteiger partial charge in [-0.1, -0.05) is 33.6 Å². The van der Waals surface area contributed by atoms with Gasteiger partial charge >= 0.3 is 0 Å². The van der Waals surface area contributed by atoms with Crippen LogP contribution in [0.25, 0.3) is 0 Å². The van der Waals surface area contributed by atoms with Crippen LogP contribution in [0.15, 0.2) is 0 Å². The van der Waals surface area contributed by atoms with Crippen LogP contribution in [0.1, 0.15) is 72.1 Å². The molecule has 1 saturated carbocycles. The SMILES string of the molecule is CCCCC(CC)C(=O)NCC1(O)CCC(C)CC1. The molecule has 112 valence electrons. The van der Waals surface area contributed by atoms with Gasteiger partial charge in [-0.2, -0.15) is 0 Å². The third-order valence-corrected chi connectivity index (χ3v) is 4.57. The molecule has 0 heterocycles. The normalized spacial score (nSPS) is 28.9. The Morgan fingerprint density at radius 2 is 2.00 bits per heavy atom. The highest BCUT2D eigenvalue weighted by Crippen LogP contribution is 2.31. The molecule has 0 aromatic heterocycles. The van der Waals surface area contributed by atoms with Gasteiger partial charge in [-0.3, -0.25) is 4.79 Å². The Bertz CT molecular complexity index is 270. The van der Waals surface area contributed by atoms with E-state index in [0.717, 1.165) is 51.4 Å². The molecule has 0 aliphatic heterocycles. The first-order valence-corrected chi connectivity index (χ1v) is 8.01. The average molecular weight is 269 g/mol. The molecule has 0 aromatic rings. The van der Waals surface area contributed by atoms with E-state index >= 15 is 0 Å². The molecule has 0 radical (unpaired) electrons. The summed E-state index contributed by atoms with van der Waals surface area (Å²) in [6.07, 6.45) is 7.87. The number of amides is 1. The summed E-state index contributed by atoms with van der Waals surface area (Å²) in [5, 5.41) is 13.4. The Morgan fingerprint density at radius 1 is 1.37 bits per heavy atom.